The van der Waals surface area contributed by atoms with Crippen LogP contribution in [0.2, 0.25) is 0 Å². The number of carboxylic acid groups (broad SMARTS) is 1. The minimum Gasteiger partial charge on any atom is -0.481 e. The molecule has 0 bridgehead atoms. The van der Waals surface area contributed by atoms with E-state index in [-0.39, 0.29) is 18.1 Å². The van der Waals surface area contributed by atoms with Crippen LogP contribution in [0.1, 0.15) is 17.4 Å². The molecule has 0 saturated carbocycles. The second kappa shape index (κ2) is 4.59. The molecule has 0 aromatic carbocycles. The van der Waals surface area contributed by atoms with E-state index in [0.29, 0.717) is 0 Å². The van der Waals surface area contributed by atoms with Gasteiger partial charge in [-0.05, 0) is 0 Å². The van der Waals surface area contributed by atoms with Crippen molar-refractivity contribution in [3.8, 4) is 0 Å². The molecule has 1 unspecified atom stereocenters. The summed E-state index contributed by atoms with van der Waals surface area (Å²) in [5.41, 5.74) is 0.287. The zero-order chi connectivity index (χ0) is 11.4. The van der Waals surface area contributed by atoms with E-state index in [1.54, 1.807) is 17.8 Å². The molecule has 15 heavy (non-hydrogen) atoms. The van der Waals surface area contributed by atoms with Crippen LogP contribution in [0, 0.1) is 5.92 Å². The smallest absolute Gasteiger partial charge is 0.308 e. The highest BCUT2D eigenvalue weighted by Crippen LogP contribution is 1.96. The Morgan fingerprint density at radius 1 is 1.67 bits per heavy atom. The summed E-state index contributed by atoms with van der Waals surface area (Å²) in [6.07, 6.45) is 3.08. The van der Waals surface area contributed by atoms with Crippen molar-refractivity contribution < 1.29 is 14.7 Å². The lowest BCUT2D eigenvalue weighted by Gasteiger charge is -2.06. The van der Waals surface area contributed by atoms with E-state index in [4.69, 9.17) is 5.11 Å². The standard InChI is InChI=1S/C9H13N3O3/c1-6(9(14)15)3-10-8(13)7-4-12(2)5-11-7/h4-6H,3H2,1-2H3,(H,10,13)(H,14,15). The zero-order valence-electron chi connectivity index (χ0n) is 8.60. The Morgan fingerprint density at radius 3 is 2.80 bits per heavy atom. The molecule has 1 atom stereocenters. The average Bonchev–Trinajstić information content (AvgIpc) is 2.60. The maximum absolute atomic E-state index is 11.4. The number of aliphatic carboxylic acids is 1. The van der Waals surface area contributed by atoms with Crippen molar-refractivity contribution >= 4 is 11.9 Å². The molecular weight excluding hydrogens is 198 g/mol. The monoisotopic (exact) mass is 211 g/mol. The van der Waals surface area contributed by atoms with E-state index in [9.17, 15) is 9.59 Å². The molecule has 0 saturated heterocycles. The Balaban J connectivity index is 2.47. The molecular formula is C9H13N3O3. The zero-order valence-corrected chi connectivity index (χ0v) is 8.60. The fourth-order valence-electron chi connectivity index (χ4n) is 0.954. The van der Waals surface area contributed by atoms with E-state index >= 15 is 0 Å². The lowest BCUT2D eigenvalue weighted by molar-refractivity contribution is -0.140. The van der Waals surface area contributed by atoms with Crippen molar-refractivity contribution in [2.45, 2.75) is 6.92 Å². The number of carbonyl (C=O) groups is 2. The van der Waals surface area contributed by atoms with Gasteiger partial charge in [0, 0.05) is 19.8 Å². The predicted molar refractivity (Wildman–Crippen MR) is 52.3 cm³/mol. The molecule has 0 spiro atoms. The molecule has 2 N–H and O–H groups in total. The number of hydrogen-bond donors (Lipinski definition) is 2. The fourth-order valence-corrected chi connectivity index (χ4v) is 0.954. The van der Waals surface area contributed by atoms with Crippen molar-refractivity contribution in [3.63, 3.8) is 0 Å². The second-order valence-corrected chi connectivity index (χ2v) is 3.37. The van der Waals surface area contributed by atoms with Gasteiger partial charge in [-0.15, -0.1) is 0 Å². The number of amides is 1. The molecule has 1 aromatic rings. The lowest BCUT2D eigenvalue weighted by Crippen LogP contribution is -2.31. The average molecular weight is 211 g/mol. The maximum Gasteiger partial charge on any atom is 0.308 e. The minimum absolute atomic E-state index is 0.102. The number of nitrogens with one attached hydrogen (secondary N) is 1. The van der Waals surface area contributed by atoms with Crippen molar-refractivity contribution in [3.05, 3.63) is 18.2 Å². The summed E-state index contributed by atoms with van der Waals surface area (Å²) in [7, 11) is 1.75. The molecule has 1 amide bonds. The summed E-state index contributed by atoms with van der Waals surface area (Å²) in [4.78, 5) is 25.7. The normalized spacial score (nSPS) is 12.1. The molecule has 6 nitrogen and oxygen atoms in total. The topological polar surface area (TPSA) is 84.2 Å². The number of aromatic nitrogens is 2. The van der Waals surface area contributed by atoms with Crippen LogP contribution in [0.3, 0.4) is 0 Å². The molecule has 0 radical (unpaired) electrons. The summed E-state index contributed by atoms with van der Waals surface area (Å²) in [6, 6.07) is 0. The number of hydrogen-bond acceptors (Lipinski definition) is 3. The van der Waals surface area contributed by atoms with Crippen molar-refractivity contribution in [1.29, 1.82) is 0 Å². The SMILES string of the molecule is CC(CNC(=O)c1cn(C)cn1)C(=O)O. The van der Waals surface area contributed by atoms with Gasteiger partial charge in [-0.25, -0.2) is 4.98 Å². The van der Waals surface area contributed by atoms with Gasteiger partial charge in [0.05, 0.1) is 12.2 Å². The highest BCUT2D eigenvalue weighted by molar-refractivity contribution is 5.92. The van der Waals surface area contributed by atoms with Crippen molar-refractivity contribution in [1.82, 2.24) is 14.9 Å². The van der Waals surface area contributed by atoms with E-state index in [1.165, 1.54) is 13.3 Å². The molecule has 1 rings (SSSR count). The molecule has 0 aliphatic carbocycles. The lowest BCUT2D eigenvalue weighted by atomic mass is 10.2. The van der Waals surface area contributed by atoms with Crippen LogP contribution >= 0.6 is 0 Å². The molecule has 0 aliphatic rings. The number of nitrogens with zero attached hydrogens (tertiary/aromatic N) is 2. The minimum atomic E-state index is -0.934. The number of carbonyl (C=O) groups excluding carboxylic acids is 1. The molecule has 1 aromatic heterocycles. The second-order valence-electron chi connectivity index (χ2n) is 3.37. The number of rotatable bonds is 4. The summed E-state index contributed by atoms with van der Waals surface area (Å²) in [6.45, 7) is 1.63. The Labute approximate surface area is 86.9 Å². The highest BCUT2D eigenvalue weighted by Gasteiger charge is 2.14. The molecule has 82 valence electrons. The van der Waals surface area contributed by atoms with Crippen LogP contribution < -0.4 is 5.32 Å². The van der Waals surface area contributed by atoms with Gasteiger partial charge in [0.25, 0.3) is 5.91 Å². The first-order valence-electron chi connectivity index (χ1n) is 4.49. The third kappa shape index (κ3) is 3.08. The first kappa shape index (κ1) is 11.2. The molecule has 1 heterocycles. The van der Waals surface area contributed by atoms with Crippen molar-refractivity contribution in [2.75, 3.05) is 6.54 Å². The van der Waals surface area contributed by atoms with Gasteiger partial charge in [-0.3, -0.25) is 9.59 Å². The largest absolute Gasteiger partial charge is 0.481 e. The Morgan fingerprint density at radius 2 is 2.33 bits per heavy atom. The van der Waals surface area contributed by atoms with E-state index in [1.807, 2.05) is 0 Å². The van der Waals surface area contributed by atoms with E-state index < -0.39 is 11.9 Å². The Kier molecular flexibility index (Phi) is 3.43. The van der Waals surface area contributed by atoms with Crippen LogP contribution in [0.15, 0.2) is 12.5 Å². The third-order valence-corrected chi connectivity index (χ3v) is 1.93. The predicted octanol–water partition coefficient (Wildman–Crippen LogP) is -0.129. The fraction of sp³-hybridized carbons (Fsp3) is 0.444. The van der Waals surface area contributed by atoms with Crippen LogP contribution in [-0.4, -0.2) is 33.1 Å². The van der Waals surface area contributed by atoms with Gasteiger partial charge in [0.15, 0.2) is 0 Å². The van der Waals surface area contributed by atoms with Gasteiger partial charge in [0.2, 0.25) is 0 Å². The van der Waals surface area contributed by atoms with Crippen LogP contribution in [0.25, 0.3) is 0 Å². The number of aryl methyl sites for hydroxylation is 1. The summed E-state index contributed by atoms with van der Waals surface area (Å²) in [5.74, 6) is -1.89. The third-order valence-electron chi connectivity index (χ3n) is 1.93. The quantitative estimate of drug-likeness (QED) is 0.726. The van der Waals surface area contributed by atoms with E-state index in [0.717, 1.165) is 0 Å². The first-order chi connectivity index (χ1) is 7.00. The summed E-state index contributed by atoms with van der Waals surface area (Å²) < 4.78 is 1.65. The molecule has 0 fully saturated rings. The maximum atomic E-state index is 11.4. The van der Waals surface area contributed by atoms with Crippen LogP contribution in [0.5, 0.6) is 0 Å². The van der Waals surface area contributed by atoms with Gasteiger partial charge in [-0.1, -0.05) is 6.92 Å². The highest BCUT2D eigenvalue weighted by atomic mass is 16.4. The first-order valence-corrected chi connectivity index (χ1v) is 4.49. The van der Waals surface area contributed by atoms with E-state index in [2.05, 4.69) is 10.3 Å². The Hall–Kier alpha value is -1.85. The van der Waals surface area contributed by atoms with Crippen LogP contribution in [0.4, 0.5) is 0 Å². The Bertz CT molecular complexity index is 372. The van der Waals surface area contributed by atoms with Gasteiger partial charge >= 0.3 is 5.97 Å². The molecule has 0 aliphatic heterocycles. The number of imidazole rings is 1. The molecule has 6 heteroatoms. The summed E-state index contributed by atoms with van der Waals surface area (Å²) in [5, 5.41) is 11.1. The van der Waals surface area contributed by atoms with Crippen LogP contribution in [-0.2, 0) is 11.8 Å². The number of carboxylic acids is 1. The van der Waals surface area contributed by atoms with Gasteiger partial charge < -0.3 is 15.0 Å². The summed E-state index contributed by atoms with van der Waals surface area (Å²) >= 11 is 0. The van der Waals surface area contributed by atoms with Crippen molar-refractivity contribution in [2.24, 2.45) is 13.0 Å². The van der Waals surface area contributed by atoms with Gasteiger partial charge in [0.1, 0.15) is 5.69 Å². The van der Waals surface area contributed by atoms with Gasteiger partial charge in [-0.2, -0.15) is 0 Å².